The number of hydrogen-bond donors (Lipinski definition) is 1. The van der Waals surface area contributed by atoms with E-state index in [-0.39, 0.29) is 11.7 Å². The molecule has 0 bridgehead atoms. The smallest absolute Gasteiger partial charge is 0.267 e. The number of anilines is 1. The normalized spacial score (nSPS) is 10.6. The molecule has 0 saturated heterocycles. The van der Waals surface area contributed by atoms with Gasteiger partial charge in [0.05, 0.1) is 5.69 Å². The van der Waals surface area contributed by atoms with Crippen molar-refractivity contribution in [2.24, 2.45) is 0 Å². The predicted octanol–water partition coefficient (Wildman–Crippen LogP) is 6.26. The third kappa shape index (κ3) is 4.32. The molecule has 1 heterocycles. The second-order valence-corrected chi connectivity index (χ2v) is 8.11. The molecule has 0 aliphatic rings. The molecule has 0 unspecified atom stereocenters. The molecule has 0 atom stereocenters. The topological polar surface area (TPSA) is 59.1 Å². The molecule has 1 amide bonds. The van der Waals surface area contributed by atoms with E-state index in [1.165, 1.54) is 11.3 Å². The molecular weight excluding hydrogens is 416 g/mol. The third-order valence-electron chi connectivity index (χ3n) is 4.51. The first-order valence-corrected chi connectivity index (χ1v) is 10.5. The highest BCUT2D eigenvalue weighted by molar-refractivity contribution is 7.17. The monoisotopic (exact) mass is 432 g/mol. The minimum absolute atomic E-state index is 0.0919. The van der Waals surface area contributed by atoms with Gasteiger partial charge in [0, 0.05) is 27.4 Å². The zero-order valence-corrected chi connectivity index (χ0v) is 17.6. The lowest BCUT2D eigenvalue weighted by Gasteiger charge is -2.07. The van der Waals surface area contributed by atoms with Crippen LogP contribution in [0.5, 0.6) is 0 Å². The van der Waals surface area contributed by atoms with Crippen LogP contribution in [0, 0.1) is 6.92 Å². The van der Waals surface area contributed by atoms with Gasteiger partial charge in [0.25, 0.3) is 5.91 Å². The average molecular weight is 433 g/mol. The van der Waals surface area contributed by atoms with Crippen molar-refractivity contribution in [1.29, 1.82) is 0 Å². The number of amides is 1. The lowest BCUT2D eigenvalue weighted by atomic mass is 10.0. The molecule has 0 aliphatic carbocycles. The molecule has 4 aromatic rings. The molecule has 0 spiro atoms. The summed E-state index contributed by atoms with van der Waals surface area (Å²) in [5.41, 5.74) is 3.23. The maximum Gasteiger partial charge on any atom is 0.267 e. The Balaban J connectivity index is 1.55. The fraction of sp³-hybridized carbons (Fsp3) is 0.0417. The summed E-state index contributed by atoms with van der Waals surface area (Å²) in [5, 5.41) is 4.28. The summed E-state index contributed by atoms with van der Waals surface area (Å²) in [5.74, 6) is -0.347. The number of carbonyl (C=O) groups excluding carboxylic acids is 2. The lowest BCUT2D eigenvalue weighted by Crippen LogP contribution is -2.12. The first-order chi connectivity index (χ1) is 14.5. The van der Waals surface area contributed by atoms with Crippen LogP contribution in [0.4, 0.5) is 5.69 Å². The van der Waals surface area contributed by atoms with Gasteiger partial charge in [-0.25, -0.2) is 4.98 Å². The fourth-order valence-corrected chi connectivity index (χ4v) is 4.10. The molecular formula is C24H17ClN2O2S. The number of hydrogen-bond acceptors (Lipinski definition) is 4. The summed E-state index contributed by atoms with van der Waals surface area (Å²) >= 11 is 7.27. The van der Waals surface area contributed by atoms with Gasteiger partial charge in [-0.3, -0.25) is 9.59 Å². The Morgan fingerprint density at radius 3 is 2.33 bits per heavy atom. The van der Waals surface area contributed by atoms with Crippen LogP contribution in [-0.4, -0.2) is 16.7 Å². The summed E-state index contributed by atoms with van der Waals surface area (Å²) in [6.07, 6.45) is 0. The summed E-state index contributed by atoms with van der Waals surface area (Å²) in [4.78, 5) is 30.5. The van der Waals surface area contributed by atoms with Crippen molar-refractivity contribution < 1.29 is 9.59 Å². The lowest BCUT2D eigenvalue weighted by molar-refractivity contribution is 0.102. The number of nitrogens with zero attached hydrogens (tertiary/aromatic N) is 1. The molecule has 0 fully saturated rings. The van der Waals surface area contributed by atoms with Gasteiger partial charge >= 0.3 is 0 Å². The maximum absolute atomic E-state index is 12.8. The number of aromatic nitrogens is 1. The van der Waals surface area contributed by atoms with Gasteiger partial charge in [-0.1, -0.05) is 66.2 Å². The first-order valence-electron chi connectivity index (χ1n) is 9.26. The molecule has 4 rings (SSSR count). The Morgan fingerprint density at radius 1 is 0.900 bits per heavy atom. The Kier molecular flexibility index (Phi) is 5.74. The highest BCUT2D eigenvalue weighted by Gasteiger charge is 2.17. The third-order valence-corrected chi connectivity index (χ3v) is 5.97. The van der Waals surface area contributed by atoms with Gasteiger partial charge < -0.3 is 5.32 Å². The summed E-state index contributed by atoms with van der Waals surface area (Å²) < 4.78 is 0. The van der Waals surface area contributed by atoms with Crippen LogP contribution >= 0.6 is 22.9 Å². The van der Waals surface area contributed by atoms with E-state index in [0.717, 1.165) is 10.6 Å². The van der Waals surface area contributed by atoms with Gasteiger partial charge in [0.15, 0.2) is 5.78 Å². The van der Waals surface area contributed by atoms with Crippen molar-refractivity contribution in [3.63, 3.8) is 0 Å². The van der Waals surface area contributed by atoms with E-state index in [2.05, 4.69) is 10.3 Å². The van der Waals surface area contributed by atoms with E-state index in [4.69, 9.17) is 11.6 Å². The number of halogens is 1. The average Bonchev–Trinajstić information content (AvgIpc) is 3.16. The standard InChI is InChI=1S/C24H17ClN2O2S/c1-15-22(30-24(26-15)17-10-12-19(25)13-11-17)23(29)27-20-9-5-8-18(14-20)21(28)16-6-3-2-4-7-16/h2-14H,1H3,(H,27,29). The van der Waals surface area contributed by atoms with Crippen molar-refractivity contribution in [1.82, 2.24) is 4.98 Å². The molecule has 6 heteroatoms. The Hall–Kier alpha value is -3.28. The van der Waals surface area contributed by atoms with Crippen LogP contribution < -0.4 is 5.32 Å². The van der Waals surface area contributed by atoms with Crippen LogP contribution in [0.15, 0.2) is 78.9 Å². The van der Waals surface area contributed by atoms with E-state index in [1.807, 2.05) is 30.3 Å². The van der Waals surface area contributed by atoms with Crippen molar-refractivity contribution in [2.45, 2.75) is 6.92 Å². The largest absolute Gasteiger partial charge is 0.321 e. The number of carbonyl (C=O) groups is 2. The zero-order valence-electron chi connectivity index (χ0n) is 16.1. The van der Waals surface area contributed by atoms with E-state index >= 15 is 0 Å². The molecule has 0 saturated carbocycles. The molecule has 0 radical (unpaired) electrons. The van der Waals surface area contributed by atoms with Crippen LogP contribution in [0.3, 0.4) is 0 Å². The van der Waals surface area contributed by atoms with E-state index in [9.17, 15) is 9.59 Å². The van der Waals surface area contributed by atoms with Crippen molar-refractivity contribution in [2.75, 3.05) is 5.32 Å². The first kappa shape index (κ1) is 20.0. The SMILES string of the molecule is Cc1nc(-c2ccc(Cl)cc2)sc1C(=O)Nc1cccc(C(=O)c2ccccc2)c1. The van der Waals surface area contributed by atoms with Crippen LogP contribution in [-0.2, 0) is 0 Å². The molecule has 1 aromatic heterocycles. The quantitative estimate of drug-likeness (QED) is 0.379. The number of aryl methyl sites for hydroxylation is 1. The van der Waals surface area contributed by atoms with E-state index in [1.54, 1.807) is 55.5 Å². The Bertz CT molecular complexity index is 1220. The number of thiazole rings is 1. The van der Waals surface area contributed by atoms with Crippen LogP contribution in [0.2, 0.25) is 5.02 Å². The maximum atomic E-state index is 12.8. The molecule has 30 heavy (non-hydrogen) atoms. The number of ketones is 1. The van der Waals surface area contributed by atoms with E-state index < -0.39 is 0 Å². The molecule has 3 aromatic carbocycles. The molecule has 1 N–H and O–H groups in total. The molecule has 0 aliphatic heterocycles. The highest BCUT2D eigenvalue weighted by Crippen LogP contribution is 2.29. The molecule has 4 nitrogen and oxygen atoms in total. The number of nitrogens with one attached hydrogen (secondary N) is 1. The number of rotatable bonds is 5. The minimum Gasteiger partial charge on any atom is -0.321 e. The van der Waals surface area contributed by atoms with E-state index in [0.29, 0.717) is 32.4 Å². The summed E-state index contributed by atoms with van der Waals surface area (Å²) in [7, 11) is 0. The zero-order chi connectivity index (χ0) is 21.1. The Labute approximate surface area is 183 Å². The van der Waals surface area contributed by atoms with Gasteiger partial charge in [0.1, 0.15) is 9.88 Å². The second kappa shape index (κ2) is 8.61. The number of benzene rings is 3. The van der Waals surface area contributed by atoms with Crippen LogP contribution in [0.25, 0.3) is 10.6 Å². The molecule has 148 valence electrons. The van der Waals surface area contributed by atoms with Crippen molar-refractivity contribution in [3.8, 4) is 10.6 Å². The van der Waals surface area contributed by atoms with Gasteiger partial charge in [-0.2, -0.15) is 0 Å². The van der Waals surface area contributed by atoms with Crippen molar-refractivity contribution >= 4 is 40.3 Å². The minimum atomic E-state index is -0.255. The van der Waals surface area contributed by atoms with Gasteiger partial charge in [-0.05, 0) is 31.2 Å². The predicted molar refractivity (Wildman–Crippen MR) is 122 cm³/mol. The fourth-order valence-electron chi connectivity index (χ4n) is 3.01. The van der Waals surface area contributed by atoms with Gasteiger partial charge in [-0.15, -0.1) is 11.3 Å². The Morgan fingerprint density at radius 2 is 1.60 bits per heavy atom. The van der Waals surface area contributed by atoms with Crippen LogP contribution in [0.1, 0.15) is 31.3 Å². The second-order valence-electron chi connectivity index (χ2n) is 6.67. The summed E-state index contributed by atoms with van der Waals surface area (Å²) in [6, 6.07) is 23.3. The highest BCUT2D eigenvalue weighted by atomic mass is 35.5. The summed E-state index contributed by atoms with van der Waals surface area (Å²) in [6.45, 7) is 1.81. The van der Waals surface area contributed by atoms with Gasteiger partial charge in [0.2, 0.25) is 0 Å². The van der Waals surface area contributed by atoms with Crippen molar-refractivity contribution in [3.05, 3.63) is 106 Å².